The standard InChI is InChI=1S/C24H28N2O3/c1-5-14-24(15-6-2,19-10-8-7-9-11-19)17-25-22(27)23(28)26-20-16-18(3)12-13-21(20)29-4/h5-13,16H,1-2,14-15,17H2,3-4H3,(H,25,27)(H,26,28). The van der Waals surface area contributed by atoms with Crippen molar-refractivity contribution in [3.05, 3.63) is 85.0 Å². The van der Waals surface area contributed by atoms with Gasteiger partial charge >= 0.3 is 11.8 Å². The van der Waals surface area contributed by atoms with Crippen LogP contribution in [0.2, 0.25) is 0 Å². The molecule has 0 bridgehead atoms. The highest BCUT2D eigenvalue weighted by molar-refractivity contribution is 6.39. The number of methoxy groups -OCH3 is 1. The number of ether oxygens (including phenoxy) is 1. The number of nitrogens with one attached hydrogen (secondary N) is 2. The number of carbonyl (C=O) groups excluding carboxylic acids is 2. The summed E-state index contributed by atoms with van der Waals surface area (Å²) in [5.41, 5.74) is 2.04. The van der Waals surface area contributed by atoms with E-state index < -0.39 is 17.2 Å². The molecule has 0 radical (unpaired) electrons. The van der Waals surface area contributed by atoms with Crippen LogP contribution in [0.25, 0.3) is 0 Å². The third-order valence-electron chi connectivity index (χ3n) is 4.85. The summed E-state index contributed by atoms with van der Waals surface area (Å²) in [5, 5.41) is 5.40. The minimum absolute atomic E-state index is 0.284. The molecule has 0 aliphatic carbocycles. The highest BCUT2D eigenvalue weighted by Crippen LogP contribution is 2.32. The van der Waals surface area contributed by atoms with Gasteiger partial charge in [0.25, 0.3) is 0 Å². The second kappa shape index (κ2) is 10.3. The molecule has 0 aliphatic heterocycles. The summed E-state index contributed by atoms with van der Waals surface area (Å²) in [6.07, 6.45) is 4.91. The number of hydrogen-bond donors (Lipinski definition) is 2. The summed E-state index contributed by atoms with van der Waals surface area (Å²) in [6.45, 7) is 9.90. The minimum Gasteiger partial charge on any atom is -0.495 e. The summed E-state index contributed by atoms with van der Waals surface area (Å²) in [4.78, 5) is 24.9. The van der Waals surface area contributed by atoms with Gasteiger partial charge in [0.15, 0.2) is 0 Å². The molecule has 0 heterocycles. The van der Waals surface area contributed by atoms with Crippen LogP contribution in [-0.2, 0) is 15.0 Å². The van der Waals surface area contributed by atoms with Crippen LogP contribution in [0.5, 0.6) is 5.75 Å². The average molecular weight is 392 g/mol. The Bertz CT molecular complexity index is 865. The van der Waals surface area contributed by atoms with Crippen LogP contribution in [0.1, 0.15) is 24.0 Å². The molecule has 5 nitrogen and oxygen atoms in total. The fraction of sp³-hybridized carbons (Fsp3) is 0.250. The van der Waals surface area contributed by atoms with Crippen molar-refractivity contribution < 1.29 is 14.3 Å². The van der Waals surface area contributed by atoms with E-state index in [-0.39, 0.29) is 6.54 Å². The van der Waals surface area contributed by atoms with Gasteiger partial charge in [0.2, 0.25) is 0 Å². The predicted octanol–water partition coefficient (Wildman–Crippen LogP) is 4.15. The zero-order valence-corrected chi connectivity index (χ0v) is 17.0. The Morgan fingerprint density at radius 2 is 1.69 bits per heavy atom. The summed E-state index contributed by atoms with van der Waals surface area (Å²) in [5.74, 6) is -0.955. The summed E-state index contributed by atoms with van der Waals surface area (Å²) < 4.78 is 5.25. The van der Waals surface area contributed by atoms with Gasteiger partial charge in [-0.15, -0.1) is 13.2 Å². The number of hydrogen-bond acceptors (Lipinski definition) is 3. The van der Waals surface area contributed by atoms with E-state index in [9.17, 15) is 9.59 Å². The molecule has 0 atom stereocenters. The first kappa shape index (κ1) is 22.0. The van der Waals surface area contributed by atoms with Gasteiger partial charge in [-0.2, -0.15) is 0 Å². The quantitative estimate of drug-likeness (QED) is 0.498. The van der Waals surface area contributed by atoms with Crippen molar-refractivity contribution in [1.82, 2.24) is 5.32 Å². The molecular weight excluding hydrogens is 364 g/mol. The van der Waals surface area contributed by atoms with Crippen molar-refractivity contribution in [2.75, 3.05) is 19.0 Å². The van der Waals surface area contributed by atoms with Crippen LogP contribution in [0.15, 0.2) is 73.8 Å². The van der Waals surface area contributed by atoms with Crippen LogP contribution in [-0.4, -0.2) is 25.5 Å². The van der Waals surface area contributed by atoms with Crippen LogP contribution in [0.3, 0.4) is 0 Å². The van der Waals surface area contributed by atoms with Gasteiger partial charge < -0.3 is 15.4 Å². The maximum atomic E-state index is 12.5. The number of benzene rings is 2. The van der Waals surface area contributed by atoms with E-state index in [1.165, 1.54) is 7.11 Å². The Morgan fingerprint density at radius 3 is 2.28 bits per heavy atom. The van der Waals surface area contributed by atoms with Gasteiger partial charge in [0.1, 0.15) is 5.75 Å². The van der Waals surface area contributed by atoms with E-state index in [0.717, 1.165) is 11.1 Å². The monoisotopic (exact) mass is 392 g/mol. The Kier molecular flexibility index (Phi) is 7.78. The van der Waals surface area contributed by atoms with E-state index >= 15 is 0 Å². The van der Waals surface area contributed by atoms with Crippen molar-refractivity contribution in [2.24, 2.45) is 0 Å². The molecule has 0 spiro atoms. The van der Waals surface area contributed by atoms with Gasteiger partial charge in [-0.25, -0.2) is 0 Å². The number of anilines is 1. The summed E-state index contributed by atoms with van der Waals surface area (Å²) in [7, 11) is 1.51. The first-order valence-electron chi connectivity index (χ1n) is 9.47. The van der Waals surface area contributed by atoms with Crippen molar-refractivity contribution in [3.8, 4) is 5.75 Å². The fourth-order valence-corrected chi connectivity index (χ4v) is 3.34. The largest absolute Gasteiger partial charge is 0.495 e. The number of amides is 2. The Hall–Kier alpha value is -3.34. The fourth-order valence-electron chi connectivity index (χ4n) is 3.34. The van der Waals surface area contributed by atoms with E-state index in [1.54, 1.807) is 12.1 Å². The van der Waals surface area contributed by atoms with Crippen molar-refractivity contribution in [2.45, 2.75) is 25.2 Å². The zero-order chi connectivity index (χ0) is 21.3. The van der Waals surface area contributed by atoms with E-state index in [4.69, 9.17) is 4.74 Å². The lowest BCUT2D eigenvalue weighted by molar-refractivity contribution is -0.136. The topological polar surface area (TPSA) is 67.4 Å². The first-order chi connectivity index (χ1) is 14.0. The number of aryl methyl sites for hydroxylation is 1. The molecule has 0 aliphatic rings. The minimum atomic E-state index is -0.743. The Morgan fingerprint density at radius 1 is 1.03 bits per heavy atom. The molecule has 2 rings (SSSR count). The molecular formula is C24H28N2O3. The maximum Gasteiger partial charge on any atom is 0.313 e. The number of carbonyl (C=O) groups is 2. The average Bonchev–Trinajstić information content (AvgIpc) is 2.73. The normalized spacial score (nSPS) is 10.7. The maximum absolute atomic E-state index is 12.5. The molecule has 0 saturated carbocycles. The molecule has 2 aromatic rings. The second-order valence-electron chi connectivity index (χ2n) is 6.97. The molecule has 152 valence electrons. The van der Waals surface area contributed by atoms with Gasteiger partial charge in [-0.1, -0.05) is 48.6 Å². The SMILES string of the molecule is C=CCC(CC=C)(CNC(=O)C(=O)Nc1cc(C)ccc1OC)c1ccccc1. The molecule has 0 aromatic heterocycles. The molecule has 0 saturated heterocycles. The molecule has 2 N–H and O–H groups in total. The van der Waals surface area contributed by atoms with Crippen LogP contribution in [0, 0.1) is 6.92 Å². The Labute approximate surface area is 172 Å². The van der Waals surface area contributed by atoms with Gasteiger partial charge in [0.05, 0.1) is 12.8 Å². The van der Waals surface area contributed by atoms with E-state index in [0.29, 0.717) is 24.3 Å². The predicted molar refractivity (Wildman–Crippen MR) is 117 cm³/mol. The number of allylic oxidation sites excluding steroid dienone is 2. The third-order valence-corrected chi connectivity index (χ3v) is 4.85. The first-order valence-corrected chi connectivity index (χ1v) is 9.47. The smallest absolute Gasteiger partial charge is 0.313 e. The molecule has 2 aromatic carbocycles. The van der Waals surface area contributed by atoms with Crippen molar-refractivity contribution in [1.29, 1.82) is 0 Å². The Balaban J connectivity index is 2.15. The van der Waals surface area contributed by atoms with Crippen molar-refractivity contribution >= 4 is 17.5 Å². The molecule has 5 heteroatoms. The third kappa shape index (κ3) is 5.57. The lowest BCUT2D eigenvalue weighted by atomic mass is 9.74. The highest BCUT2D eigenvalue weighted by Gasteiger charge is 2.31. The summed E-state index contributed by atoms with van der Waals surface area (Å²) in [6, 6.07) is 15.2. The molecule has 2 amide bonds. The van der Waals surface area contributed by atoms with Gasteiger partial charge in [0, 0.05) is 12.0 Å². The van der Waals surface area contributed by atoms with E-state index in [2.05, 4.69) is 23.8 Å². The van der Waals surface area contributed by atoms with Crippen LogP contribution in [0.4, 0.5) is 5.69 Å². The van der Waals surface area contributed by atoms with E-state index in [1.807, 2.05) is 55.5 Å². The summed E-state index contributed by atoms with van der Waals surface area (Å²) >= 11 is 0. The molecule has 29 heavy (non-hydrogen) atoms. The number of rotatable bonds is 9. The highest BCUT2D eigenvalue weighted by atomic mass is 16.5. The second-order valence-corrected chi connectivity index (χ2v) is 6.97. The lowest BCUT2D eigenvalue weighted by Crippen LogP contribution is -2.44. The van der Waals surface area contributed by atoms with Gasteiger partial charge in [-0.3, -0.25) is 9.59 Å². The van der Waals surface area contributed by atoms with Gasteiger partial charge in [-0.05, 0) is 43.0 Å². The lowest BCUT2D eigenvalue weighted by Gasteiger charge is -2.33. The van der Waals surface area contributed by atoms with Crippen molar-refractivity contribution in [3.63, 3.8) is 0 Å². The molecule has 0 fully saturated rings. The van der Waals surface area contributed by atoms with Crippen LogP contribution >= 0.6 is 0 Å². The van der Waals surface area contributed by atoms with Crippen LogP contribution < -0.4 is 15.4 Å². The zero-order valence-electron chi connectivity index (χ0n) is 17.0. The molecule has 0 unspecified atom stereocenters.